The van der Waals surface area contributed by atoms with Crippen molar-refractivity contribution in [1.29, 1.82) is 0 Å². The molecule has 1 aromatic heterocycles. The van der Waals surface area contributed by atoms with Gasteiger partial charge in [0.1, 0.15) is 6.10 Å². The summed E-state index contributed by atoms with van der Waals surface area (Å²) in [7, 11) is 2.20. The second-order valence-corrected chi connectivity index (χ2v) is 7.50. The molecule has 4 nitrogen and oxygen atoms in total. The van der Waals surface area contributed by atoms with Gasteiger partial charge in [0.2, 0.25) is 0 Å². The lowest BCUT2D eigenvalue weighted by Gasteiger charge is -2.26. The van der Waals surface area contributed by atoms with Gasteiger partial charge >= 0.3 is 0 Å². The first-order valence-electron chi connectivity index (χ1n) is 8.78. The minimum absolute atomic E-state index is 0.173. The summed E-state index contributed by atoms with van der Waals surface area (Å²) in [6.45, 7) is 9.41. The second-order valence-electron chi connectivity index (χ2n) is 6.51. The van der Waals surface area contributed by atoms with Crippen molar-refractivity contribution in [2.45, 2.75) is 25.4 Å². The standard InChI is InChI=1S/C19H27N3OS/c1-3-4-8-16(15-22-12-7-11-21(2)13-14-22)23-19-20-17-9-5-6-10-18(17)24-19/h3,5-6,9-10,16H,1,4,7-8,11-15H2,2H3. The van der Waals surface area contributed by atoms with Crippen molar-refractivity contribution in [2.75, 3.05) is 39.8 Å². The number of aromatic nitrogens is 1. The molecule has 0 aliphatic carbocycles. The molecule has 1 aliphatic rings. The highest BCUT2D eigenvalue weighted by Gasteiger charge is 2.19. The van der Waals surface area contributed by atoms with Crippen molar-refractivity contribution < 1.29 is 4.74 Å². The van der Waals surface area contributed by atoms with Gasteiger partial charge < -0.3 is 9.64 Å². The monoisotopic (exact) mass is 345 g/mol. The van der Waals surface area contributed by atoms with Crippen LogP contribution in [0.3, 0.4) is 0 Å². The zero-order chi connectivity index (χ0) is 16.8. The zero-order valence-corrected chi connectivity index (χ0v) is 15.3. The van der Waals surface area contributed by atoms with Crippen LogP contribution in [0.25, 0.3) is 10.2 Å². The van der Waals surface area contributed by atoms with E-state index in [1.807, 2.05) is 24.3 Å². The lowest BCUT2D eigenvalue weighted by molar-refractivity contribution is 0.128. The Labute approximate surface area is 148 Å². The van der Waals surface area contributed by atoms with Crippen molar-refractivity contribution >= 4 is 21.6 Å². The van der Waals surface area contributed by atoms with Crippen LogP contribution < -0.4 is 4.74 Å². The van der Waals surface area contributed by atoms with E-state index < -0.39 is 0 Å². The molecule has 130 valence electrons. The predicted octanol–water partition coefficient (Wildman–Crippen LogP) is 3.65. The predicted molar refractivity (Wildman–Crippen MR) is 102 cm³/mol. The van der Waals surface area contributed by atoms with Crippen LogP contribution in [0.15, 0.2) is 36.9 Å². The molecule has 1 unspecified atom stereocenters. The number of rotatable bonds is 7. The molecule has 1 aliphatic heterocycles. The Bertz CT molecular complexity index is 624. The van der Waals surface area contributed by atoms with E-state index in [1.54, 1.807) is 11.3 Å². The fourth-order valence-corrected chi connectivity index (χ4v) is 3.99. The summed E-state index contributed by atoms with van der Waals surface area (Å²) in [4.78, 5) is 9.57. The number of nitrogens with zero attached hydrogens (tertiary/aromatic N) is 3. The molecule has 1 fully saturated rings. The van der Waals surface area contributed by atoms with Gasteiger partial charge in [0.05, 0.1) is 10.2 Å². The maximum absolute atomic E-state index is 6.28. The number of hydrogen-bond acceptors (Lipinski definition) is 5. The molecule has 0 bridgehead atoms. The third-order valence-electron chi connectivity index (χ3n) is 4.51. The highest BCUT2D eigenvalue weighted by Crippen LogP contribution is 2.28. The number of allylic oxidation sites excluding steroid dienone is 1. The lowest BCUT2D eigenvalue weighted by Crippen LogP contribution is -2.37. The van der Waals surface area contributed by atoms with Crippen LogP contribution in [-0.2, 0) is 0 Å². The summed E-state index contributed by atoms with van der Waals surface area (Å²) >= 11 is 1.64. The molecular weight excluding hydrogens is 318 g/mol. The second kappa shape index (κ2) is 8.60. The van der Waals surface area contributed by atoms with Crippen LogP contribution in [0.1, 0.15) is 19.3 Å². The largest absolute Gasteiger partial charge is 0.465 e. The molecule has 0 N–H and O–H groups in total. The highest BCUT2D eigenvalue weighted by molar-refractivity contribution is 7.20. The average molecular weight is 346 g/mol. The third-order valence-corrected chi connectivity index (χ3v) is 5.44. The Kier molecular flexibility index (Phi) is 6.24. The van der Waals surface area contributed by atoms with E-state index in [2.05, 4.69) is 34.5 Å². The molecule has 1 saturated heterocycles. The average Bonchev–Trinajstić information content (AvgIpc) is 2.88. The number of ether oxygens (including phenoxy) is 1. The molecule has 0 amide bonds. The number of para-hydroxylation sites is 1. The topological polar surface area (TPSA) is 28.6 Å². The Morgan fingerprint density at radius 2 is 2.17 bits per heavy atom. The van der Waals surface area contributed by atoms with E-state index in [0.29, 0.717) is 0 Å². The number of thiazole rings is 1. The van der Waals surface area contributed by atoms with Crippen LogP contribution in [0.4, 0.5) is 0 Å². The van der Waals surface area contributed by atoms with Gasteiger partial charge in [-0.2, -0.15) is 0 Å². The summed E-state index contributed by atoms with van der Waals surface area (Å²) in [6, 6.07) is 8.22. The molecular formula is C19H27N3OS. The smallest absolute Gasteiger partial charge is 0.274 e. The maximum Gasteiger partial charge on any atom is 0.274 e. The Hall–Kier alpha value is -1.43. The first-order valence-corrected chi connectivity index (χ1v) is 9.60. The van der Waals surface area contributed by atoms with Crippen molar-refractivity contribution in [3.8, 4) is 5.19 Å². The van der Waals surface area contributed by atoms with E-state index in [9.17, 15) is 0 Å². The van der Waals surface area contributed by atoms with Crippen LogP contribution in [0.5, 0.6) is 5.19 Å². The summed E-state index contributed by atoms with van der Waals surface area (Å²) in [5.74, 6) is 0. The molecule has 2 heterocycles. The molecule has 1 atom stereocenters. The number of benzene rings is 1. The van der Waals surface area contributed by atoms with E-state index in [-0.39, 0.29) is 6.10 Å². The van der Waals surface area contributed by atoms with E-state index in [0.717, 1.165) is 49.7 Å². The third kappa shape index (κ3) is 4.79. The minimum Gasteiger partial charge on any atom is -0.465 e. The van der Waals surface area contributed by atoms with Crippen molar-refractivity contribution in [1.82, 2.24) is 14.8 Å². The van der Waals surface area contributed by atoms with Gasteiger partial charge in [0.25, 0.3) is 5.19 Å². The molecule has 0 spiro atoms. The SMILES string of the molecule is C=CCCC(CN1CCCN(C)CC1)Oc1nc2ccccc2s1. The van der Waals surface area contributed by atoms with Crippen molar-refractivity contribution in [2.24, 2.45) is 0 Å². The molecule has 0 saturated carbocycles. The fourth-order valence-electron chi connectivity index (χ4n) is 3.11. The molecule has 0 radical (unpaired) electrons. The summed E-state index contributed by atoms with van der Waals surface area (Å²) in [5.41, 5.74) is 1.02. The van der Waals surface area contributed by atoms with Gasteiger partial charge in [0, 0.05) is 19.6 Å². The number of fused-ring (bicyclic) bond motifs is 1. The normalized spacial score (nSPS) is 18.4. The minimum atomic E-state index is 0.173. The van der Waals surface area contributed by atoms with Gasteiger partial charge in [-0.25, -0.2) is 4.98 Å². The lowest BCUT2D eigenvalue weighted by atomic mass is 10.2. The zero-order valence-electron chi connectivity index (χ0n) is 14.5. The van der Waals surface area contributed by atoms with Gasteiger partial charge in [-0.05, 0) is 51.5 Å². The maximum atomic E-state index is 6.28. The quantitative estimate of drug-likeness (QED) is 0.716. The summed E-state index contributed by atoms with van der Waals surface area (Å²) < 4.78 is 7.46. The van der Waals surface area contributed by atoms with Gasteiger partial charge in [-0.3, -0.25) is 4.90 Å². The van der Waals surface area contributed by atoms with Crippen molar-refractivity contribution in [3.05, 3.63) is 36.9 Å². The van der Waals surface area contributed by atoms with E-state index in [1.165, 1.54) is 17.7 Å². The van der Waals surface area contributed by atoms with Gasteiger partial charge in [-0.15, -0.1) is 6.58 Å². The van der Waals surface area contributed by atoms with E-state index >= 15 is 0 Å². The Morgan fingerprint density at radius 1 is 1.29 bits per heavy atom. The highest BCUT2D eigenvalue weighted by atomic mass is 32.1. The first-order chi connectivity index (χ1) is 11.7. The molecule has 3 rings (SSSR count). The Morgan fingerprint density at radius 3 is 3.00 bits per heavy atom. The number of hydrogen-bond donors (Lipinski definition) is 0. The van der Waals surface area contributed by atoms with E-state index in [4.69, 9.17) is 4.74 Å². The number of likely N-dealkylation sites (N-methyl/N-ethyl adjacent to an activating group) is 1. The molecule has 2 aromatic rings. The fraction of sp³-hybridized carbons (Fsp3) is 0.526. The van der Waals surface area contributed by atoms with Gasteiger partial charge in [-0.1, -0.05) is 29.5 Å². The summed E-state index contributed by atoms with van der Waals surface area (Å²) in [5, 5.41) is 0.789. The van der Waals surface area contributed by atoms with Crippen LogP contribution in [0, 0.1) is 0 Å². The molecule has 1 aromatic carbocycles. The van der Waals surface area contributed by atoms with Crippen LogP contribution in [0.2, 0.25) is 0 Å². The molecule has 24 heavy (non-hydrogen) atoms. The Balaban J connectivity index is 1.65. The van der Waals surface area contributed by atoms with Crippen LogP contribution in [-0.4, -0.2) is 60.7 Å². The van der Waals surface area contributed by atoms with Crippen molar-refractivity contribution in [3.63, 3.8) is 0 Å². The van der Waals surface area contributed by atoms with Gasteiger partial charge in [0.15, 0.2) is 0 Å². The summed E-state index contributed by atoms with van der Waals surface area (Å²) in [6.07, 6.45) is 5.35. The molecule has 5 heteroatoms. The van der Waals surface area contributed by atoms with Crippen LogP contribution >= 0.6 is 11.3 Å². The first kappa shape index (κ1) is 17.4.